The molecule has 0 saturated heterocycles. The van der Waals surface area contributed by atoms with E-state index in [0.717, 1.165) is 12.5 Å². The standard InChI is InChI=1S/C12H14F2N2O/c1-8(3-4-17-2)16-7-15-11-5-9(13)10(14)6-12(11)16/h5-8H,3-4H2,1-2H3. The van der Waals surface area contributed by atoms with Gasteiger partial charge < -0.3 is 9.30 Å². The number of imidazole rings is 1. The largest absolute Gasteiger partial charge is 0.385 e. The first-order valence-corrected chi connectivity index (χ1v) is 5.44. The number of aromatic nitrogens is 2. The summed E-state index contributed by atoms with van der Waals surface area (Å²) in [6.45, 7) is 2.60. The highest BCUT2D eigenvalue weighted by atomic mass is 19.2. The van der Waals surface area contributed by atoms with E-state index in [4.69, 9.17) is 4.74 Å². The summed E-state index contributed by atoms with van der Waals surface area (Å²) in [4.78, 5) is 4.07. The predicted molar refractivity (Wildman–Crippen MR) is 60.9 cm³/mol. The minimum Gasteiger partial charge on any atom is -0.385 e. The van der Waals surface area contributed by atoms with E-state index >= 15 is 0 Å². The Balaban J connectivity index is 2.38. The minimum absolute atomic E-state index is 0.129. The molecular formula is C12H14F2N2O. The minimum atomic E-state index is -0.868. The molecule has 3 nitrogen and oxygen atoms in total. The smallest absolute Gasteiger partial charge is 0.161 e. The van der Waals surface area contributed by atoms with Crippen LogP contribution in [0.5, 0.6) is 0 Å². The Kier molecular flexibility index (Phi) is 3.38. The van der Waals surface area contributed by atoms with Gasteiger partial charge in [-0.1, -0.05) is 0 Å². The van der Waals surface area contributed by atoms with Crippen molar-refractivity contribution < 1.29 is 13.5 Å². The molecule has 0 aliphatic rings. The molecule has 17 heavy (non-hydrogen) atoms. The van der Waals surface area contributed by atoms with Crippen molar-refractivity contribution in [2.45, 2.75) is 19.4 Å². The molecule has 0 fully saturated rings. The van der Waals surface area contributed by atoms with E-state index in [9.17, 15) is 8.78 Å². The Morgan fingerprint density at radius 1 is 1.35 bits per heavy atom. The average Bonchev–Trinajstić information content (AvgIpc) is 2.69. The molecule has 0 spiro atoms. The molecule has 0 bridgehead atoms. The number of fused-ring (bicyclic) bond motifs is 1. The molecule has 2 aromatic rings. The van der Waals surface area contributed by atoms with Crippen molar-refractivity contribution in [2.24, 2.45) is 0 Å². The van der Waals surface area contributed by atoms with Gasteiger partial charge in [0.25, 0.3) is 0 Å². The average molecular weight is 240 g/mol. The number of benzene rings is 1. The molecule has 1 aromatic carbocycles. The summed E-state index contributed by atoms with van der Waals surface area (Å²) >= 11 is 0. The van der Waals surface area contributed by atoms with Crippen LogP contribution in [0.15, 0.2) is 18.5 Å². The highest BCUT2D eigenvalue weighted by molar-refractivity contribution is 5.75. The molecule has 1 atom stereocenters. The fourth-order valence-electron chi connectivity index (χ4n) is 1.80. The number of ether oxygens (including phenoxy) is 1. The van der Waals surface area contributed by atoms with Gasteiger partial charge in [0.1, 0.15) is 0 Å². The Morgan fingerprint density at radius 3 is 2.76 bits per heavy atom. The van der Waals surface area contributed by atoms with E-state index in [1.807, 2.05) is 11.5 Å². The van der Waals surface area contributed by atoms with Crippen molar-refractivity contribution in [3.63, 3.8) is 0 Å². The van der Waals surface area contributed by atoms with Crippen LogP contribution in [0, 0.1) is 11.6 Å². The third kappa shape index (κ3) is 2.29. The van der Waals surface area contributed by atoms with Crippen molar-refractivity contribution in [1.29, 1.82) is 0 Å². The van der Waals surface area contributed by atoms with Gasteiger partial charge >= 0.3 is 0 Å². The van der Waals surface area contributed by atoms with Crippen LogP contribution in [0.25, 0.3) is 11.0 Å². The molecule has 92 valence electrons. The van der Waals surface area contributed by atoms with E-state index in [2.05, 4.69) is 4.98 Å². The predicted octanol–water partition coefficient (Wildman–Crippen LogP) is 2.91. The van der Waals surface area contributed by atoms with Crippen LogP contribution in [0.1, 0.15) is 19.4 Å². The first-order valence-electron chi connectivity index (χ1n) is 5.44. The summed E-state index contributed by atoms with van der Waals surface area (Å²) in [6, 6.07) is 2.43. The number of hydrogen-bond acceptors (Lipinski definition) is 2. The maximum absolute atomic E-state index is 13.2. The second kappa shape index (κ2) is 4.79. The third-order valence-corrected chi connectivity index (χ3v) is 2.83. The van der Waals surface area contributed by atoms with Crippen LogP contribution in [-0.2, 0) is 4.74 Å². The van der Waals surface area contributed by atoms with Crippen LogP contribution in [0.4, 0.5) is 8.78 Å². The molecule has 0 radical (unpaired) electrons. The fourth-order valence-corrected chi connectivity index (χ4v) is 1.80. The van der Waals surface area contributed by atoms with Gasteiger partial charge in [0.05, 0.1) is 17.4 Å². The zero-order valence-corrected chi connectivity index (χ0v) is 9.78. The number of methoxy groups -OCH3 is 1. The van der Waals surface area contributed by atoms with E-state index in [0.29, 0.717) is 17.6 Å². The van der Waals surface area contributed by atoms with Gasteiger partial charge in [-0.3, -0.25) is 0 Å². The Labute approximate surface area is 98.0 Å². The molecule has 1 unspecified atom stereocenters. The second-order valence-electron chi connectivity index (χ2n) is 4.04. The zero-order chi connectivity index (χ0) is 12.4. The molecule has 0 amide bonds. The number of nitrogens with zero attached hydrogens (tertiary/aromatic N) is 2. The van der Waals surface area contributed by atoms with Gasteiger partial charge in [0, 0.05) is 31.9 Å². The van der Waals surface area contributed by atoms with Crippen molar-refractivity contribution in [1.82, 2.24) is 9.55 Å². The Bertz CT molecular complexity index is 524. The number of rotatable bonds is 4. The Hall–Kier alpha value is -1.49. The van der Waals surface area contributed by atoms with Crippen molar-refractivity contribution >= 4 is 11.0 Å². The third-order valence-electron chi connectivity index (χ3n) is 2.83. The summed E-state index contributed by atoms with van der Waals surface area (Å²) in [6.07, 6.45) is 2.39. The van der Waals surface area contributed by atoms with E-state index in [1.54, 1.807) is 13.4 Å². The van der Waals surface area contributed by atoms with Crippen LogP contribution in [0.3, 0.4) is 0 Å². The van der Waals surface area contributed by atoms with Gasteiger partial charge in [-0.15, -0.1) is 0 Å². The van der Waals surface area contributed by atoms with Crippen LogP contribution in [-0.4, -0.2) is 23.3 Å². The summed E-state index contributed by atoms with van der Waals surface area (Å²) in [5.74, 6) is -1.72. The molecule has 1 aromatic heterocycles. The maximum Gasteiger partial charge on any atom is 0.161 e. The molecule has 0 N–H and O–H groups in total. The lowest BCUT2D eigenvalue weighted by molar-refractivity contribution is 0.181. The van der Waals surface area contributed by atoms with Crippen LogP contribution in [0.2, 0.25) is 0 Å². The van der Waals surface area contributed by atoms with Crippen LogP contribution >= 0.6 is 0 Å². The lowest BCUT2D eigenvalue weighted by Crippen LogP contribution is -2.06. The van der Waals surface area contributed by atoms with Crippen molar-refractivity contribution in [3.8, 4) is 0 Å². The highest BCUT2D eigenvalue weighted by Crippen LogP contribution is 2.22. The fraction of sp³-hybridized carbons (Fsp3) is 0.417. The van der Waals surface area contributed by atoms with Gasteiger partial charge in [0.15, 0.2) is 11.6 Å². The van der Waals surface area contributed by atoms with E-state index in [-0.39, 0.29) is 6.04 Å². The first kappa shape index (κ1) is 12.0. The monoisotopic (exact) mass is 240 g/mol. The summed E-state index contributed by atoms with van der Waals surface area (Å²) in [5, 5.41) is 0. The summed E-state index contributed by atoms with van der Waals surface area (Å²) in [7, 11) is 1.63. The second-order valence-corrected chi connectivity index (χ2v) is 4.04. The molecule has 2 rings (SSSR count). The van der Waals surface area contributed by atoms with Crippen molar-refractivity contribution in [3.05, 3.63) is 30.1 Å². The van der Waals surface area contributed by atoms with E-state index in [1.165, 1.54) is 6.07 Å². The molecular weight excluding hydrogens is 226 g/mol. The Morgan fingerprint density at radius 2 is 2.06 bits per heavy atom. The summed E-state index contributed by atoms with van der Waals surface area (Å²) < 4.78 is 33.0. The molecule has 0 aliphatic carbocycles. The highest BCUT2D eigenvalue weighted by Gasteiger charge is 2.12. The summed E-state index contributed by atoms with van der Waals surface area (Å²) in [5.41, 5.74) is 1.07. The topological polar surface area (TPSA) is 27.1 Å². The maximum atomic E-state index is 13.2. The molecule has 0 saturated carbocycles. The van der Waals surface area contributed by atoms with Crippen LogP contribution < -0.4 is 0 Å². The molecule has 5 heteroatoms. The van der Waals surface area contributed by atoms with Gasteiger partial charge in [-0.05, 0) is 13.3 Å². The quantitative estimate of drug-likeness (QED) is 0.821. The lowest BCUT2D eigenvalue weighted by Gasteiger charge is -2.13. The van der Waals surface area contributed by atoms with Crippen molar-refractivity contribution in [2.75, 3.05) is 13.7 Å². The lowest BCUT2D eigenvalue weighted by atomic mass is 10.2. The number of halogens is 2. The van der Waals surface area contributed by atoms with Gasteiger partial charge in [0.2, 0.25) is 0 Å². The zero-order valence-electron chi connectivity index (χ0n) is 9.78. The SMILES string of the molecule is COCCC(C)n1cnc2cc(F)c(F)cc21. The van der Waals surface area contributed by atoms with Gasteiger partial charge in [-0.2, -0.15) is 0 Å². The van der Waals surface area contributed by atoms with Gasteiger partial charge in [-0.25, -0.2) is 13.8 Å². The molecule has 0 aliphatic heterocycles. The van der Waals surface area contributed by atoms with E-state index < -0.39 is 11.6 Å². The normalized spacial score (nSPS) is 13.2. The molecule has 1 heterocycles. The number of hydrogen-bond donors (Lipinski definition) is 0. The first-order chi connectivity index (χ1) is 8.13.